The zero-order chi connectivity index (χ0) is 23.2. The van der Waals surface area contributed by atoms with Crippen molar-refractivity contribution in [3.63, 3.8) is 0 Å². The number of amides is 1. The fourth-order valence-electron chi connectivity index (χ4n) is 3.57. The van der Waals surface area contributed by atoms with Gasteiger partial charge in [-0.05, 0) is 68.7 Å². The summed E-state index contributed by atoms with van der Waals surface area (Å²) in [4.78, 5) is 40.3. The number of nitrogens with zero attached hydrogens (tertiary/aromatic N) is 3. The van der Waals surface area contributed by atoms with Gasteiger partial charge >= 0.3 is 5.69 Å². The lowest BCUT2D eigenvalue weighted by atomic mass is 10.1. The lowest BCUT2D eigenvalue weighted by Crippen LogP contribution is -2.31. The minimum Gasteiger partial charge on any atom is -0.494 e. The van der Waals surface area contributed by atoms with Gasteiger partial charge in [-0.3, -0.25) is 14.6 Å². The van der Waals surface area contributed by atoms with Crippen LogP contribution in [0, 0.1) is 20.8 Å². The SMILES string of the molecule is CC1=NN(c2ccc(C)c(C)c2)C(=O)/C1=C/c1c(O)n(-c2ccccc2C)c(=O)[nH]c1=O. The second-order valence-electron chi connectivity index (χ2n) is 7.75. The van der Waals surface area contributed by atoms with Crippen LogP contribution in [0.2, 0.25) is 0 Å². The lowest BCUT2D eigenvalue weighted by molar-refractivity contribution is -0.114. The summed E-state index contributed by atoms with van der Waals surface area (Å²) in [5.41, 5.74) is 2.62. The van der Waals surface area contributed by atoms with Gasteiger partial charge in [-0.15, -0.1) is 0 Å². The molecule has 0 aliphatic carbocycles. The largest absolute Gasteiger partial charge is 0.494 e. The highest BCUT2D eigenvalue weighted by Gasteiger charge is 2.30. The molecule has 2 N–H and O–H groups in total. The van der Waals surface area contributed by atoms with Crippen LogP contribution >= 0.6 is 0 Å². The third kappa shape index (κ3) is 3.45. The molecule has 0 bridgehead atoms. The Bertz CT molecular complexity index is 1440. The standard InChI is InChI=1S/C24H22N4O4/c1-13-9-10-17(11-15(13)3)28-23(31)18(16(4)26-28)12-19-21(29)25-24(32)27(22(19)30)20-8-6-5-7-14(20)2/h5-12,30H,1-4H3,(H,25,29,32)/b18-12+. The molecule has 1 aliphatic heterocycles. The van der Waals surface area contributed by atoms with E-state index in [2.05, 4.69) is 10.1 Å². The molecule has 3 aromatic rings. The van der Waals surface area contributed by atoms with Crippen LogP contribution in [-0.4, -0.2) is 26.3 Å². The van der Waals surface area contributed by atoms with E-state index in [0.29, 0.717) is 17.1 Å². The smallest absolute Gasteiger partial charge is 0.335 e. The maximum atomic E-state index is 13.1. The molecule has 162 valence electrons. The summed E-state index contributed by atoms with van der Waals surface area (Å²) in [5.74, 6) is -0.982. The van der Waals surface area contributed by atoms with Gasteiger partial charge in [0.05, 0.1) is 22.7 Å². The van der Waals surface area contributed by atoms with E-state index in [9.17, 15) is 19.5 Å². The van der Waals surface area contributed by atoms with E-state index in [4.69, 9.17) is 0 Å². The Morgan fingerprint density at radius 3 is 2.34 bits per heavy atom. The molecule has 1 aliphatic rings. The number of benzene rings is 2. The summed E-state index contributed by atoms with van der Waals surface area (Å²) in [5, 5.41) is 16.4. The van der Waals surface area contributed by atoms with E-state index in [0.717, 1.165) is 21.3 Å². The number of aromatic amines is 1. The van der Waals surface area contributed by atoms with Gasteiger partial charge in [-0.25, -0.2) is 9.36 Å². The van der Waals surface area contributed by atoms with Crippen molar-refractivity contribution < 1.29 is 9.90 Å². The van der Waals surface area contributed by atoms with Crippen LogP contribution in [-0.2, 0) is 4.79 Å². The second kappa shape index (κ2) is 7.81. The molecule has 32 heavy (non-hydrogen) atoms. The van der Waals surface area contributed by atoms with Crippen molar-refractivity contribution in [3.8, 4) is 11.6 Å². The number of carbonyl (C=O) groups is 1. The Hall–Kier alpha value is -4.20. The zero-order valence-electron chi connectivity index (χ0n) is 18.1. The van der Waals surface area contributed by atoms with E-state index in [1.165, 1.54) is 11.1 Å². The first-order chi connectivity index (χ1) is 15.2. The quantitative estimate of drug-likeness (QED) is 0.623. The Kier molecular flexibility index (Phi) is 5.14. The minimum absolute atomic E-state index is 0.152. The van der Waals surface area contributed by atoms with Crippen molar-refractivity contribution >= 4 is 23.4 Å². The van der Waals surface area contributed by atoms with Crippen LogP contribution in [0.4, 0.5) is 5.69 Å². The summed E-state index contributed by atoms with van der Waals surface area (Å²) in [6.45, 7) is 7.35. The molecule has 0 fully saturated rings. The molecule has 0 atom stereocenters. The monoisotopic (exact) mass is 430 g/mol. The predicted octanol–water partition coefficient (Wildman–Crippen LogP) is 2.96. The summed E-state index contributed by atoms with van der Waals surface area (Å²) < 4.78 is 1.01. The van der Waals surface area contributed by atoms with Crippen molar-refractivity contribution in [2.75, 3.05) is 5.01 Å². The number of hydrazone groups is 1. The zero-order valence-corrected chi connectivity index (χ0v) is 18.1. The van der Waals surface area contributed by atoms with Gasteiger partial charge < -0.3 is 5.11 Å². The third-order valence-corrected chi connectivity index (χ3v) is 5.56. The number of hydrogen-bond donors (Lipinski definition) is 2. The van der Waals surface area contributed by atoms with Crippen LogP contribution in [0.5, 0.6) is 5.88 Å². The molecule has 0 unspecified atom stereocenters. The predicted molar refractivity (Wildman–Crippen MR) is 124 cm³/mol. The summed E-state index contributed by atoms with van der Waals surface area (Å²) in [6, 6.07) is 12.5. The Morgan fingerprint density at radius 2 is 1.66 bits per heavy atom. The molecule has 8 heteroatoms. The Labute approximate surface area is 183 Å². The van der Waals surface area contributed by atoms with E-state index in [-0.39, 0.29) is 11.1 Å². The maximum absolute atomic E-state index is 13.1. The number of anilines is 1. The number of aromatic hydroxyl groups is 1. The van der Waals surface area contributed by atoms with Gasteiger partial charge in [0.2, 0.25) is 5.88 Å². The molecule has 2 aromatic carbocycles. The lowest BCUT2D eigenvalue weighted by Gasteiger charge is -2.14. The second-order valence-corrected chi connectivity index (χ2v) is 7.75. The highest BCUT2D eigenvalue weighted by atomic mass is 16.3. The molecule has 0 saturated heterocycles. The van der Waals surface area contributed by atoms with E-state index < -0.39 is 23.0 Å². The Balaban J connectivity index is 1.83. The molecule has 0 radical (unpaired) electrons. The van der Waals surface area contributed by atoms with Gasteiger partial charge in [-0.2, -0.15) is 10.1 Å². The van der Waals surface area contributed by atoms with Crippen molar-refractivity contribution in [2.45, 2.75) is 27.7 Å². The topological polar surface area (TPSA) is 108 Å². The molecule has 4 rings (SSSR count). The van der Waals surface area contributed by atoms with Gasteiger partial charge in [0.25, 0.3) is 11.5 Å². The first-order valence-electron chi connectivity index (χ1n) is 10.0. The Morgan fingerprint density at radius 1 is 0.938 bits per heavy atom. The summed E-state index contributed by atoms with van der Waals surface area (Å²) >= 11 is 0. The molecule has 1 amide bonds. The maximum Gasteiger partial charge on any atom is 0.335 e. The molecular weight excluding hydrogens is 408 g/mol. The van der Waals surface area contributed by atoms with Crippen molar-refractivity contribution in [3.05, 3.63) is 91.1 Å². The van der Waals surface area contributed by atoms with E-state index >= 15 is 0 Å². The average Bonchev–Trinajstić information content (AvgIpc) is 3.02. The first kappa shape index (κ1) is 21.0. The third-order valence-electron chi connectivity index (χ3n) is 5.56. The fourth-order valence-corrected chi connectivity index (χ4v) is 3.57. The van der Waals surface area contributed by atoms with Crippen LogP contribution in [0.3, 0.4) is 0 Å². The highest BCUT2D eigenvalue weighted by Crippen LogP contribution is 2.28. The molecule has 1 aromatic heterocycles. The molecular formula is C24H22N4O4. The average molecular weight is 430 g/mol. The number of aromatic nitrogens is 2. The number of nitrogens with one attached hydrogen (secondary N) is 1. The van der Waals surface area contributed by atoms with Gasteiger partial charge in [0, 0.05) is 0 Å². The van der Waals surface area contributed by atoms with Crippen molar-refractivity contribution in [2.24, 2.45) is 5.10 Å². The fraction of sp³-hybridized carbons (Fsp3) is 0.167. The summed E-state index contributed by atoms with van der Waals surface area (Å²) in [7, 11) is 0. The van der Waals surface area contributed by atoms with E-state index in [1.54, 1.807) is 44.2 Å². The van der Waals surface area contributed by atoms with Gasteiger partial charge in [0.1, 0.15) is 5.56 Å². The highest BCUT2D eigenvalue weighted by molar-refractivity contribution is 6.32. The van der Waals surface area contributed by atoms with Crippen LogP contribution < -0.4 is 16.3 Å². The van der Waals surface area contributed by atoms with Crippen molar-refractivity contribution in [1.82, 2.24) is 9.55 Å². The molecule has 0 spiro atoms. The van der Waals surface area contributed by atoms with Crippen molar-refractivity contribution in [1.29, 1.82) is 0 Å². The van der Waals surface area contributed by atoms with Gasteiger partial charge in [-0.1, -0.05) is 24.3 Å². The number of hydrogen-bond acceptors (Lipinski definition) is 5. The van der Waals surface area contributed by atoms with Crippen LogP contribution in [0.15, 0.2) is 62.7 Å². The van der Waals surface area contributed by atoms with Gasteiger partial charge in [0.15, 0.2) is 0 Å². The number of rotatable bonds is 3. The normalized spacial score (nSPS) is 14.9. The minimum atomic E-state index is -0.796. The summed E-state index contributed by atoms with van der Waals surface area (Å²) in [6.07, 6.45) is 1.27. The number of aryl methyl sites for hydroxylation is 3. The molecule has 0 saturated carbocycles. The van der Waals surface area contributed by atoms with Crippen LogP contribution in [0.25, 0.3) is 11.8 Å². The number of para-hydroxylation sites is 1. The molecule has 8 nitrogen and oxygen atoms in total. The van der Waals surface area contributed by atoms with E-state index in [1.807, 2.05) is 26.0 Å². The van der Waals surface area contributed by atoms with Crippen LogP contribution in [0.1, 0.15) is 29.2 Å². The molecule has 2 heterocycles. The number of H-pyrrole nitrogens is 1. The number of carbonyl (C=O) groups excluding carboxylic acids is 1. The first-order valence-corrected chi connectivity index (χ1v) is 10.0.